The van der Waals surface area contributed by atoms with E-state index in [4.69, 9.17) is 13.3 Å². The SMILES string of the molecule is c1ccc(-c2ccc(C3(c4ccc(-c5cccc6c5oc5ccccc56)cc4)c4ccccc4-c4ccccc43)cc2)cc1.c1ccc(-c2cccc(C3(c4ccc(-c5cccc6c5oc5ccccc56)cc4)c4ccccc4-c4ccccc43)c2)cc1.c1ccc(C2(c3ccc(-c4cccc5c4oc4c(C6CCCCC6)cccc45)cc3)c3ccccc3-c3ccccc32)cc1. The van der Waals surface area contributed by atoms with Gasteiger partial charge in [-0.15, -0.1) is 0 Å². The molecule has 0 aliphatic heterocycles. The number of rotatable bonds is 12. The Bertz CT molecular complexity index is 8190. The molecule has 27 rings (SSSR count). The number of furan rings is 3. The number of benzene rings is 20. The second-order valence-corrected chi connectivity index (χ2v) is 35.9. The summed E-state index contributed by atoms with van der Waals surface area (Å²) < 4.78 is 19.6. The Morgan fingerprint density at radius 2 is 0.424 bits per heavy atom. The zero-order valence-electron chi connectivity index (χ0n) is 72.9. The second-order valence-electron chi connectivity index (χ2n) is 35.9. The Hall–Kier alpha value is -16.2. The van der Waals surface area contributed by atoms with Gasteiger partial charge in [0.05, 0.1) is 16.2 Å². The molecule has 4 aliphatic carbocycles. The predicted octanol–water partition coefficient (Wildman–Crippen LogP) is 34.2. The molecule has 1 saturated carbocycles. The molecule has 624 valence electrons. The first kappa shape index (κ1) is 78.1. The first-order chi connectivity index (χ1) is 65.5. The van der Waals surface area contributed by atoms with Gasteiger partial charge in [-0.25, -0.2) is 0 Å². The van der Waals surface area contributed by atoms with E-state index < -0.39 is 10.8 Å². The van der Waals surface area contributed by atoms with Crippen LogP contribution in [0, 0.1) is 0 Å². The molecule has 3 aromatic heterocycles. The topological polar surface area (TPSA) is 39.4 Å². The maximum Gasteiger partial charge on any atom is 0.143 e. The summed E-state index contributed by atoms with van der Waals surface area (Å²) in [4.78, 5) is 0. The summed E-state index contributed by atoms with van der Waals surface area (Å²) in [6, 6.07) is 175. The van der Waals surface area contributed by atoms with Gasteiger partial charge in [-0.05, 0) is 182 Å². The normalized spacial score (nSPS) is 14.1. The Labute approximate surface area is 768 Å². The van der Waals surface area contributed by atoms with Crippen LogP contribution in [0.5, 0.6) is 0 Å². The van der Waals surface area contributed by atoms with E-state index in [0.29, 0.717) is 5.92 Å². The van der Waals surface area contributed by atoms with E-state index in [0.717, 1.165) is 82.9 Å². The van der Waals surface area contributed by atoms with Gasteiger partial charge < -0.3 is 13.3 Å². The molecule has 0 atom stereocenters. The summed E-state index contributed by atoms with van der Waals surface area (Å²) in [6.45, 7) is 0. The van der Waals surface area contributed by atoms with Crippen LogP contribution in [0.4, 0.5) is 0 Å². The molecule has 3 nitrogen and oxygen atoms in total. The lowest BCUT2D eigenvalue weighted by Gasteiger charge is -2.34. The maximum absolute atomic E-state index is 6.83. The summed E-state index contributed by atoms with van der Waals surface area (Å²) in [5.74, 6) is 0.599. The first-order valence-corrected chi connectivity index (χ1v) is 46.5. The van der Waals surface area contributed by atoms with E-state index in [-0.39, 0.29) is 5.41 Å². The van der Waals surface area contributed by atoms with E-state index in [1.807, 2.05) is 24.3 Å². The van der Waals surface area contributed by atoms with E-state index in [1.54, 1.807) is 0 Å². The van der Waals surface area contributed by atoms with Gasteiger partial charge in [-0.2, -0.15) is 0 Å². The van der Waals surface area contributed by atoms with Gasteiger partial charge in [-0.1, -0.05) is 480 Å². The van der Waals surface area contributed by atoms with Crippen LogP contribution >= 0.6 is 0 Å². The number of hydrogen-bond donors (Lipinski definition) is 0. The van der Waals surface area contributed by atoms with Crippen LogP contribution in [0.1, 0.15) is 110 Å². The fraction of sp³-hybridized carbons (Fsp3) is 0.0698. The Morgan fingerprint density at radius 1 is 0.167 bits per heavy atom. The number of fused-ring (bicyclic) bond motifs is 18. The van der Waals surface area contributed by atoms with Gasteiger partial charge in [0.1, 0.15) is 33.5 Å². The summed E-state index contributed by atoms with van der Waals surface area (Å²) in [6.07, 6.45) is 6.52. The second kappa shape index (κ2) is 32.2. The van der Waals surface area contributed by atoms with E-state index >= 15 is 0 Å². The molecule has 0 radical (unpaired) electrons. The fourth-order valence-electron chi connectivity index (χ4n) is 23.3. The minimum atomic E-state index is -0.456. The molecule has 1 fully saturated rings. The zero-order valence-corrected chi connectivity index (χ0v) is 72.9. The molecule has 0 amide bonds. The highest BCUT2D eigenvalue weighted by Crippen LogP contribution is 2.61. The van der Waals surface area contributed by atoms with Crippen molar-refractivity contribution >= 4 is 65.8 Å². The quantitative estimate of drug-likeness (QED) is 0.122. The van der Waals surface area contributed by atoms with Crippen LogP contribution in [0.25, 0.3) is 155 Å². The molecule has 23 aromatic rings. The van der Waals surface area contributed by atoms with Crippen molar-refractivity contribution < 1.29 is 13.3 Å². The standard InChI is InChI=1S/C43H34O.2C43H28O/c1-3-13-29(14-4-1)33-19-11-21-37-38-22-12-20-34(42(38)44-41(33)37)30-25-27-32(28-26-30)43(31-15-5-2-6-16-31)39-23-9-7-17-35(39)36-18-8-10-24-40(36)43;1-2-12-29(13-3-1)31-14-10-15-33(28-31)43(39-21-7-4-16-35(39)36-17-5-8-22-40(36)43)32-26-24-30(25-27-32)34-19-11-20-38-37-18-6-9-23-41(37)44-42(34)38;1-2-11-29(12-3-1)30-21-25-32(26-22-30)43(39-18-7-4-13-35(39)36-14-5-8-19-40(36)43)33-27-23-31(24-28-33)34-16-10-17-38-37-15-6-9-20-41(37)44-42(34)38/h2,5-12,15-29H,1,3-4,13-14H2;2*1-28H. The minimum Gasteiger partial charge on any atom is -0.455 e. The molecule has 0 unspecified atom stereocenters. The highest BCUT2D eigenvalue weighted by atomic mass is 16.3. The lowest BCUT2D eigenvalue weighted by molar-refractivity contribution is 0.442. The van der Waals surface area contributed by atoms with Gasteiger partial charge in [-0.3, -0.25) is 0 Å². The summed E-state index contributed by atoms with van der Waals surface area (Å²) in [7, 11) is 0. The summed E-state index contributed by atoms with van der Waals surface area (Å²) >= 11 is 0. The lowest BCUT2D eigenvalue weighted by atomic mass is 9.67. The number of para-hydroxylation sites is 6. The molecule has 132 heavy (non-hydrogen) atoms. The molecule has 3 heteroatoms. The Morgan fingerprint density at radius 3 is 0.826 bits per heavy atom. The smallest absolute Gasteiger partial charge is 0.143 e. The van der Waals surface area contributed by atoms with Crippen molar-refractivity contribution in [2.75, 3.05) is 0 Å². The molecular weight excluding hydrogens is 1600 g/mol. The molecule has 3 heterocycles. The van der Waals surface area contributed by atoms with Crippen molar-refractivity contribution in [1.29, 1.82) is 0 Å². The first-order valence-electron chi connectivity index (χ1n) is 46.5. The van der Waals surface area contributed by atoms with Crippen LogP contribution in [-0.4, -0.2) is 0 Å². The van der Waals surface area contributed by atoms with Gasteiger partial charge in [0.2, 0.25) is 0 Å². The molecule has 0 spiro atoms. The number of hydrogen-bond acceptors (Lipinski definition) is 3. The molecule has 20 aromatic carbocycles. The lowest BCUT2D eigenvalue weighted by Crippen LogP contribution is -2.28. The molecular formula is C129H90O3. The van der Waals surface area contributed by atoms with Crippen LogP contribution < -0.4 is 0 Å². The average molecular weight is 1690 g/mol. The van der Waals surface area contributed by atoms with Crippen LogP contribution in [0.15, 0.2) is 492 Å². The van der Waals surface area contributed by atoms with Crippen molar-refractivity contribution in [2.45, 2.75) is 54.3 Å². The summed E-state index contributed by atoms with van der Waals surface area (Å²) in [5, 5.41) is 7.05. The van der Waals surface area contributed by atoms with Crippen molar-refractivity contribution in [3.8, 4) is 89.0 Å². The van der Waals surface area contributed by atoms with Gasteiger partial charge in [0.25, 0.3) is 0 Å². The van der Waals surface area contributed by atoms with Gasteiger partial charge in [0, 0.05) is 49.0 Å². The zero-order chi connectivity index (χ0) is 87.3. The third-order valence-corrected chi connectivity index (χ3v) is 29.2. The maximum atomic E-state index is 6.83. The molecule has 0 saturated heterocycles. The monoisotopic (exact) mass is 1690 g/mol. The van der Waals surface area contributed by atoms with E-state index in [1.165, 1.54) is 176 Å². The highest BCUT2D eigenvalue weighted by molar-refractivity contribution is 6.13. The van der Waals surface area contributed by atoms with Crippen LogP contribution in [-0.2, 0) is 16.2 Å². The third kappa shape index (κ3) is 12.4. The van der Waals surface area contributed by atoms with Crippen molar-refractivity contribution in [2.24, 2.45) is 0 Å². The third-order valence-electron chi connectivity index (χ3n) is 29.2. The van der Waals surface area contributed by atoms with Crippen molar-refractivity contribution in [3.63, 3.8) is 0 Å². The molecule has 4 aliphatic rings. The largest absolute Gasteiger partial charge is 0.455 e. The average Bonchev–Trinajstić information content (AvgIpc) is 1.55. The molecule has 0 N–H and O–H groups in total. The van der Waals surface area contributed by atoms with E-state index in [9.17, 15) is 0 Å². The minimum absolute atomic E-state index is 0.382. The van der Waals surface area contributed by atoms with Crippen molar-refractivity contribution in [1.82, 2.24) is 0 Å². The predicted molar refractivity (Wildman–Crippen MR) is 546 cm³/mol. The highest BCUT2D eigenvalue weighted by Gasteiger charge is 2.49. The van der Waals surface area contributed by atoms with E-state index in [2.05, 4.69) is 455 Å². The molecule has 0 bridgehead atoms. The van der Waals surface area contributed by atoms with Crippen LogP contribution in [0.3, 0.4) is 0 Å². The van der Waals surface area contributed by atoms with Gasteiger partial charge in [0.15, 0.2) is 0 Å². The van der Waals surface area contributed by atoms with Crippen molar-refractivity contribution in [3.05, 3.63) is 552 Å². The Balaban J connectivity index is 0.000000106. The fourth-order valence-corrected chi connectivity index (χ4v) is 23.3. The Kier molecular flexibility index (Phi) is 19.1. The summed E-state index contributed by atoms with van der Waals surface area (Å²) in [5.41, 5.74) is 41.0. The van der Waals surface area contributed by atoms with Gasteiger partial charge >= 0.3 is 0 Å². The van der Waals surface area contributed by atoms with Crippen LogP contribution in [0.2, 0.25) is 0 Å².